The summed E-state index contributed by atoms with van der Waals surface area (Å²) in [6, 6.07) is 7.37. The number of hydrogen-bond acceptors (Lipinski definition) is 2. The molecule has 3 rings (SSSR count). The predicted molar refractivity (Wildman–Crippen MR) is 87.7 cm³/mol. The van der Waals surface area contributed by atoms with Gasteiger partial charge in [-0.2, -0.15) is 0 Å². The van der Waals surface area contributed by atoms with Gasteiger partial charge in [0, 0.05) is 10.6 Å². The van der Waals surface area contributed by atoms with Crippen LogP contribution in [0.25, 0.3) is 0 Å². The molecular weight excluding hydrogens is 396 g/mol. The first-order chi connectivity index (χ1) is 9.13. The second kappa shape index (κ2) is 5.58. The summed E-state index contributed by atoms with van der Waals surface area (Å²) < 4.78 is 14.5. The summed E-state index contributed by atoms with van der Waals surface area (Å²) in [6.45, 7) is 0. The number of nitrogens with one attached hydrogen (secondary N) is 1. The Balaban J connectivity index is 1.86. The average Bonchev–Trinajstić information content (AvgIpc) is 2.75. The van der Waals surface area contributed by atoms with E-state index >= 15 is 0 Å². The van der Waals surface area contributed by atoms with Gasteiger partial charge in [0.1, 0.15) is 5.82 Å². The van der Waals surface area contributed by atoms with Crippen molar-refractivity contribution in [2.75, 3.05) is 5.32 Å². The van der Waals surface area contributed by atoms with E-state index in [0.717, 1.165) is 12.1 Å². The van der Waals surface area contributed by atoms with Crippen LogP contribution in [0.3, 0.4) is 0 Å². The van der Waals surface area contributed by atoms with Crippen LogP contribution in [0.15, 0.2) is 24.3 Å². The Morgan fingerprint density at radius 3 is 3.00 bits per heavy atom. The molecule has 100 valence electrons. The zero-order valence-electron chi connectivity index (χ0n) is 10.1. The third-order valence-corrected chi connectivity index (χ3v) is 5.60. The van der Waals surface area contributed by atoms with Gasteiger partial charge in [-0.3, -0.25) is 0 Å². The van der Waals surface area contributed by atoms with Gasteiger partial charge in [-0.25, -0.2) is 4.39 Å². The van der Waals surface area contributed by atoms with E-state index in [-0.39, 0.29) is 10.8 Å². The quantitative estimate of drug-likeness (QED) is 0.636. The van der Waals surface area contributed by atoms with Crippen LogP contribution < -0.4 is 5.32 Å². The van der Waals surface area contributed by atoms with E-state index in [0.29, 0.717) is 6.04 Å². The van der Waals surface area contributed by atoms with Crippen molar-refractivity contribution in [2.45, 2.75) is 25.3 Å². The molecule has 5 heteroatoms. The molecule has 1 aromatic heterocycles. The van der Waals surface area contributed by atoms with Crippen molar-refractivity contribution in [3.05, 3.63) is 48.4 Å². The van der Waals surface area contributed by atoms with Gasteiger partial charge in [-0.15, -0.1) is 11.3 Å². The normalized spacial score (nSPS) is 18.2. The smallest absolute Gasteiger partial charge is 0.141 e. The predicted octanol–water partition coefficient (Wildman–Crippen LogP) is 5.63. The molecule has 1 N–H and O–H groups in total. The second-order valence-electron chi connectivity index (χ2n) is 4.65. The van der Waals surface area contributed by atoms with E-state index < -0.39 is 0 Å². The van der Waals surface area contributed by atoms with E-state index in [1.807, 2.05) is 11.3 Å². The van der Waals surface area contributed by atoms with Crippen molar-refractivity contribution in [2.24, 2.45) is 0 Å². The number of aryl methyl sites for hydroxylation is 1. The molecule has 0 aliphatic heterocycles. The molecule has 0 bridgehead atoms. The molecule has 1 aliphatic carbocycles. The fourth-order valence-electron chi connectivity index (χ4n) is 2.46. The molecule has 1 heterocycles. The molecule has 1 nitrogen and oxygen atoms in total. The van der Waals surface area contributed by atoms with Crippen molar-refractivity contribution in [1.82, 2.24) is 0 Å². The maximum Gasteiger partial charge on any atom is 0.141 e. The Labute approximate surface area is 134 Å². The minimum Gasteiger partial charge on any atom is -0.378 e. The third kappa shape index (κ3) is 2.90. The van der Waals surface area contributed by atoms with Crippen molar-refractivity contribution < 1.29 is 4.39 Å². The highest BCUT2D eigenvalue weighted by Crippen LogP contribution is 2.38. The first-order valence-electron chi connectivity index (χ1n) is 6.13. The lowest BCUT2D eigenvalue weighted by atomic mass is 9.94. The molecule has 0 fully saturated rings. The van der Waals surface area contributed by atoms with Gasteiger partial charge in [0.15, 0.2) is 0 Å². The molecular formula is C14H12ClFINS. The first-order valence-corrected chi connectivity index (χ1v) is 8.40. The minimum absolute atomic E-state index is 0.168. The van der Waals surface area contributed by atoms with Crippen molar-refractivity contribution in [3.8, 4) is 0 Å². The first kappa shape index (κ1) is 13.6. The van der Waals surface area contributed by atoms with E-state index in [1.54, 1.807) is 12.1 Å². The molecule has 0 saturated carbocycles. The standard InChI is InChI=1S/C14H12ClFINS/c15-10-6-8(4-5-11(10)16)18-12-2-1-3-13-9(12)7-14(17)19-13/h4-7,12,18H,1-3H2. The van der Waals surface area contributed by atoms with Gasteiger partial charge in [-0.05, 0) is 71.7 Å². The summed E-state index contributed by atoms with van der Waals surface area (Å²) in [4.78, 5) is 1.47. The van der Waals surface area contributed by atoms with Crippen molar-refractivity contribution in [3.63, 3.8) is 0 Å². The highest BCUT2D eigenvalue weighted by atomic mass is 127. The fraction of sp³-hybridized carbons (Fsp3) is 0.286. The highest BCUT2D eigenvalue weighted by molar-refractivity contribution is 14.1. The van der Waals surface area contributed by atoms with Crippen LogP contribution in [0, 0.1) is 8.70 Å². The van der Waals surface area contributed by atoms with Crippen LogP contribution in [-0.4, -0.2) is 0 Å². The van der Waals surface area contributed by atoms with Gasteiger partial charge < -0.3 is 5.32 Å². The lowest BCUT2D eigenvalue weighted by Gasteiger charge is -2.24. The van der Waals surface area contributed by atoms with E-state index in [1.165, 1.54) is 32.2 Å². The molecule has 1 unspecified atom stereocenters. The number of rotatable bonds is 2. The maximum atomic E-state index is 13.2. The molecule has 1 aliphatic rings. The van der Waals surface area contributed by atoms with E-state index in [4.69, 9.17) is 11.6 Å². The Kier molecular flexibility index (Phi) is 4.01. The molecule has 0 spiro atoms. The molecule has 2 aromatic rings. The molecule has 19 heavy (non-hydrogen) atoms. The Hall–Kier alpha value is -0.330. The second-order valence-corrected chi connectivity index (χ2v) is 8.09. The molecule has 0 saturated heterocycles. The van der Waals surface area contributed by atoms with Crippen molar-refractivity contribution in [1.29, 1.82) is 0 Å². The summed E-state index contributed by atoms with van der Waals surface area (Å²) in [5, 5.41) is 3.64. The van der Waals surface area contributed by atoms with E-state index in [2.05, 4.69) is 34.0 Å². The zero-order chi connectivity index (χ0) is 13.4. The van der Waals surface area contributed by atoms with Gasteiger partial charge in [0.2, 0.25) is 0 Å². The van der Waals surface area contributed by atoms with Crippen molar-refractivity contribution >= 4 is 51.2 Å². The van der Waals surface area contributed by atoms with Crippen LogP contribution in [-0.2, 0) is 6.42 Å². The Bertz CT molecular complexity index is 613. The number of fused-ring (bicyclic) bond motifs is 1. The van der Waals surface area contributed by atoms with Gasteiger partial charge in [0.25, 0.3) is 0 Å². The SMILES string of the molecule is Fc1ccc(NC2CCCc3sc(I)cc32)cc1Cl. The number of benzene rings is 1. The fourth-order valence-corrected chi connectivity index (χ4v) is 4.76. The summed E-state index contributed by atoms with van der Waals surface area (Å²) in [7, 11) is 0. The van der Waals surface area contributed by atoms with Gasteiger partial charge in [-0.1, -0.05) is 11.6 Å². The summed E-state index contributed by atoms with van der Waals surface area (Å²) in [6.07, 6.45) is 3.47. The lowest BCUT2D eigenvalue weighted by molar-refractivity contribution is 0.607. The van der Waals surface area contributed by atoms with Gasteiger partial charge >= 0.3 is 0 Å². The molecule has 1 aromatic carbocycles. The lowest BCUT2D eigenvalue weighted by Crippen LogP contribution is -2.15. The third-order valence-electron chi connectivity index (χ3n) is 3.34. The van der Waals surface area contributed by atoms with Crippen LogP contribution in [0.2, 0.25) is 5.02 Å². The largest absolute Gasteiger partial charge is 0.378 e. The molecule has 0 amide bonds. The number of thiophene rings is 1. The van der Waals surface area contributed by atoms with Crippen LogP contribution >= 0.6 is 45.5 Å². The van der Waals surface area contributed by atoms with Gasteiger partial charge in [0.05, 0.1) is 13.9 Å². The van der Waals surface area contributed by atoms with E-state index in [9.17, 15) is 4.39 Å². The van der Waals surface area contributed by atoms with Crippen LogP contribution in [0.1, 0.15) is 29.3 Å². The Morgan fingerprint density at radius 1 is 1.37 bits per heavy atom. The average molecular weight is 408 g/mol. The summed E-state index contributed by atoms with van der Waals surface area (Å²) in [5.41, 5.74) is 2.27. The highest BCUT2D eigenvalue weighted by Gasteiger charge is 2.22. The monoisotopic (exact) mass is 407 g/mol. The summed E-state index contributed by atoms with van der Waals surface area (Å²) >= 11 is 10.1. The molecule has 1 atom stereocenters. The number of hydrogen-bond donors (Lipinski definition) is 1. The minimum atomic E-state index is -0.373. The Morgan fingerprint density at radius 2 is 2.21 bits per heavy atom. The number of halogens is 3. The maximum absolute atomic E-state index is 13.2. The zero-order valence-corrected chi connectivity index (χ0v) is 13.8. The topological polar surface area (TPSA) is 12.0 Å². The molecule has 0 radical (unpaired) electrons. The summed E-state index contributed by atoms with van der Waals surface area (Å²) in [5.74, 6) is -0.373. The number of anilines is 1. The van der Waals surface area contributed by atoms with Crippen LogP contribution in [0.5, 0.6) is 0 Å². The van der Waals surface area contributed by atoms with Crippen LogP contribution in [0.4, 0.5) is 10.1 Å².